The highest BCUT2D eigenvalue weighted by Crippen LogP contribution is 2.56. The first-order valence-electron chi connectivity index (χ1n) is 7.72. The fourth-order valence-electron chi connectivity index (χ4n) is 4.27. The molecule has 1 saturated heterocycles. The zero-order valence-corrected chi connectivity index (χ0v) is 12.7. The lowest BCUT2D eigenvalue weighted by Crippen LogP contribution is -2.30. The molecule has 1 heterocycles. The molecule has 2 heteroatoms. The van der Waals surface area contributed by atoms with Crippen molar-refractivity contribution in [1.82, 2.24) is 0 Å². The molecule has 2 aliphatic rings. The van der Waals surface area contributed by atoms with Crippen LogP contribution in [0.25, 0.3) is 0 Å². The molecule has 0 amide bonds. The van der Waals surface area contributed by atoms with Crippen molar-refractivity contribution in [3.05, 3.63) is 70.7 Å². The maximum atomic E-state index is 6.26. The minimum Gasteiger partial charge on any atom is -0.372 e. The zero-order chi connectivity index (χ0) is 14.3. The Balaban J connectivity index is 1.71. The van der Waals surface area contributed by atoms with Crippen molar-refractivity contribution in [2.75, 3.05) is 6.61 Å². The number of hydrogen-bond acceptors (Lipinski definition) is 1. The molecule has 2 aromatic carbocycles. The van der Waals surface area contributed by atoms with Gasteiger partial charge in [-0.05, 0) is 36.1 Å². The minimum absolute atomic E-state index is 0.213. The normalized spacial score (nSPS) is 31.3. The molecule has 3 atom stereocenters. The van der Waals surface area contributed by atoms with E-state index in [0.717, 1.165) is 11.6 Å². The molecule has 0 spiro atoms. The van der Waals surface area contributed by atoms with Gasteiger partial charge in [-0.25, -0.2) is 0 Å². The van der Waals surface area contributed by atoms with Gasteiger partial charge in [-0.3, -0.25) is 0 Å². The van der Waals surface area contributed by atoms with E-state index in [2.05, 4.69) is 42.5 Å². The Bertz CT molecular complexity index is 622. The van der Waals surface area contributed by atoms with Crippen LogP contribution in [0.5, 0.6) is 0 Å². The van der Waals surface area contributed by atoms with E-state index < -0.39 is 0 Å². The molecule has 108 valence electrons. The molecule has 0 unspecified atom stereocenters. The topological polar surface area (TPSA) is 9.23 Å². The Morgan fingerprint density at radius 1 is 1.00 bits per heavy atom. The number of ether oxygens (including phenoxy) is 1. The second kappa shape index (κ2) is 5.15. The van der Waals surface area contributed by atoms with Crippen LogP contribution in [0.3, 0.4) is 0 Å². The van der Waals surface area contributed by atoms with Crippen molar-refractivity contribution in [2.24, 2.45) is 5.92 Å². The summed E-state index contributed by atoms with van der Waals surface area (Å²) < 4.78 is 6.26. The van der Waals surface area contributed by atoms with E-state index in [1.54, 1.807) is 0 Å². The second-order valence-electron chi connectivity index (χ2n) is 6.30. The fourth-order valence-corrected chi connectivity index (χ4v) is 4.39. The van der Waals surface area contributed by atoms with Crippen LogP contribution in [0.4, 0.5) is 0 Å². The number of benzene rings is 2. The van der Waals surface area contributed by atoms with E-state index in [9.17, 15) is 0 Å². The van der Waals surface area contributed by atoms with Crippen molar-refractivity contribution in [3.63, 3.8) is 0 Å². The summed E-state index contributed by atoms with van der Waals surface area (Å²) in [6, 6.07) is 19.1. The third kappa shape index (κ3) is 2.11. The SMILES string of the molecule is Clc1ccc([C@H]2OC[C@@]3(c4ccccc4)CCC[C@@H]23)cc1. The minimum atomic E-state index is 0.213. The molecule has 21 heavy (non-hydrogen) atoms. The van der Waals surface area contributed by atoms with Crippen LogP contribution in [0.15, 0.2) is 54.6 Å². The Hall–Kier alpha value is -1.31. The number of rotatable bonds is 2. The summed E-state index contributed by atoms with van der Waals surface area (Å²) in [6.45, 7) is 0.842. The van der Waals surface area contributed by atoms with Gasteiger partial charge in [0.25, 0.3) is 0 Å². The predicted molar refractivity (Wildman–Crippen MR) is 85.6 cm³/mol. The first-order chi connectivity index (χ1) is 10.3. The Morgan fingerprint density at radius 3 is 2.52 bits per heavy atom. The molecule has 1 aliphatic carbocycles. The molecule has 1 aliphatic heterocycles. The molecular weight excluding hydrogens is 280 g/mol. The smallest absolute Gasteiger partial charge is 0.0862 e. The van der Waals surface area contributed by atoms with E-state index in [1.165, 1.54) is 30.4 Å². The Labute approximate surface area is 130 Å². The Morgan fingerprint density at radius 2 is 1.76 bits per heavy atom. The van der Waals surface area contributed by atoms with Crippen molar-refractivity contribution in [1.29, 1.82) is 0 Å². The van der Waals surface area contributed by atoms with Crippen molar-refractivity contribution >= 4 is 11.6 Å². The third-order valence-corrected chi connectivity index (χ3v) is 5.53. The van der Waals surface area contributed by atoms with Crippen LogP contribution < -0.4 is 0 Å². The van der Waals surface area contributed by atoms with Gasteiger partial charge >= 0.3 is 0 Å². The Kier molecular flexibility index (Phi) is 3.28. The van der Waals surface area contributed by atoms with Crippen LogP contribution in [-0.4, -0.2) is 6.61 Å². The number of hydrogen-bond donors (Lipinski definition) is 0. The van der Waals surface area contributed by atoms with Gasteiger partial charge in [-0.1, -0.05) is 60.5 Å². The molecule has 0 bridgehead atoms. The van der Waals surface area contributed by atoms with Crippen LogP contribution in [0.2, 0.25) is 5.02 Å². The van der Waals surface area contributed by atoms with Gasteiger partial charge in [0.05, 0.1) is 12.7 Å². The first-order valence-corrected chi connectivity index (χ1v) is 8.10. The number of fused-ring (bicyclic) bond motifs is 1. The average Bonchev–Trinajstić information content (AvgIpc) is 3.09. The zero-order valence-electron chi connectivity index (χ0n) is 12.0. The maximum absolute atomic E-state index is 6.26. The van der Waals surface area contributed by atoms with Gasteiger partial charge in [0.2, 0.25) is 0 Å². The van der Waals surface area contributed by atoms with E-state index in [-0.39, 0.29) is 11.5 Å². The summed E-state index contributed by atoms with van der Waals surface area (Å²) in [6.07, 6.45) is 4.01. The average molecular weight is 299 g/mol. The van der Waals surface area contributed by atoms with Crippen LogP contribution in [0.1, 0.15) is 36.5 Å². The standard InChI is InChI=1S/C19H19ClO/c20-16-10-8-14(9-11-16)18-17-7-4-12-19(17,13-21-18)15-5-2-1-3-6-15/h1-3,5-6,8-11,17-18H,4,7,12-13H2/t17-,18+,19+/m0/s1. The van der Waals surface area contributed by atoms with Gasteiger partial charge in [-0.2, -0.15) is 0 Å². The van der Waals surface area contributed by atoms with Crippen LogP contribution in [0, 0.1) is 5.92 Å². The summed E-state index contributed by atoms with van der Waals surface area (Å²) in [4.78, 5) is 0. The monoisotopic (exact) mass is 298 g/mol. The lowest BCUT2D eigenvalue weighted by Gasteiger charge is -2.29. The molecule has 1 saturated carbocycles. The molecule has 2 fully saturated rings. The van der Waals surface area contributed by atoms with E-state index in [4.69, 9.17) is 16.3 Å². The highest BCUT2D eigenvalue weighted by molar-refractivity contribution is 6.30. The first kappa shape index (κ1) is 13.4. The van der Waals surface area contributed by atoms with Crippen molar-refractivity contribution < 1.29 is 4.74 Å². The van der Waals surface area contributed by atoms with Gasteiger partial charge in [0.15, 0.2) is 0 Å². The number of halogens is 1. The molecule has 0 aromatic heterocycles. The summed E-state index contributed by atoms with van der Waals surface area (Å²) in [7, 11) is 0. The highest BCUT2D eigenvalue weighted by Gasteiger charge is 2.53. The van der Waals surface area contributed by atoms with Crippen LogP contribution in [-0.2, 0) is 10.2 Å². The largest absolute Gasteiger partial charge is 0.372 e. The third-order valence-electron chi connectivity index (χ3n) is 5.28. The summed E-state index contributed by atoms with van der Waals surface area (Å²) >= 11 is 6.01. The van der Waals surface area contributed by atoms with Crippen molar-refractivity contribution in [3.8, 4) is 0 Å². The lowest BCUT2D eigenvalue weighted by atomic mass is 9.72. The predicted octanol–water partition coefficient (Wildman–Crippen LogP) is 5.15. The van der Waals surface area contributed by atoms with Gasteiger partial charge in [0, 0.05) is 16.4 Å². The molecule has 1 nitrogen and oxygen atoms in total. The van der Waals surface area contributed by atoms with E-state index in [0.29, 0.717) is 5.92 Å². The van der Waals surface area contributed by atoms with E-state index >= 15 is 0 Å². The van der Waals surface area contributed by atoms with Gasteiger partial charge in [-0.15, -0.1) is 0 Å². The van der Waals surface area contributed by atoms with Crippen molar-refractivity contribution in [2.45, 2.75) is 30.8 Å². The summed E-state index contributed by atoms with van der Waals surface area (Å²) in [5.74, 6) is 0.584. The molecule has 2 aromatic rings. The molecule has 4 rings (SSSR count). The van der Waals surface area contributed by atoms with Gasteiger partial charge in [0.1, 0.15) is 0 Å². The van der Waals surface area contributed by atoms with Crippen LogP contribution >= 0.6 is 11.6 Å². The highest BCUT2D eigenvalue weighted by atomic mass is 35.5. The fraction of sp³-hybridized carbons (Fsp3) is 0.368. The second-order valence-corrected chi connectivity index (χ2v) is 6.74. The molecular formula is C19H19ClO. The maximum Gasteiger partial charge on any atom is 0.0862 e. The lowest BCUT2D eigenvalue weighted by molar-refractivity contribution is 0.0846. The quantitative estimate of drug-likeness (QED) is 0.745. The van der Waals surface area contributed by atoms with Gasteiger partial charge < -0.3 is 4.74 Å². The summed E-state index contributed by atoms with van der Waals surface area (Å²) in [5.41, 5.74) is 2.93. The molecule has 0 radical (unpaired) electrons. The van der Waals surface area contributed by atoms with E-state index in [1.807, 2.05) is 12.1 Å². The molecule has 0 N–H and O–H groups in total. The summed E-state index contributed by atoms with van der Waals surface area (Å²) in [5, 5.41) is 0.789.